The summed E-state index contributed by atoms with van der Waals surface area (Å²) in [5.74, 6) is 0.661. The largest absolute Gasteiger partial charge is 0.378 e. The van der Waals surface area contributed by atoms with E-state index in [2.05, 4.69) is 28.2 Å². The monoisotopic (exact) mass is 305 g/mol. The van der Waals surface area contributed by atoms with Gasteiger partial charge in [0.2, 0.25) is 5.91 Å². The van der Waals surface area contributed by atoms with Gasteiger partial charge in [0.25, 0.3) is 0 Å². The third-order valence-electron chi connectivity index (χ3n) is 3.52. The van der Waals surface area contributed by atoms with Crippen LogP contribution < -0.4 is 5.32 Å². The average molecular weight is 306 g/mol. The van der Waals surface area contributed by atoms with Gasteiger partial charge in [-0.25, -0.2) is 0 Å². The van der Waals surface area contributed by atoms with Crippen LogP contribution in [0.2, 0.25) is 0 Å². The molecule has 0 radical (unpaired) electrons. The lowest BCUT2D eigenvalue weighted by atomic mass is 9.79. The fraction of sp³-hybridized carbons (Fsp3) is 0.923. The lowest BCUT2D eigenvalue weighted by molar-refractivity contribution is -0.125. The van der Waals surface area contributed by atoms with Gasteiger partial charge >= 0.3 is 0 Å². The van der Waals surface area contributed by atoms with E-state index in [4.69, 9.17) is 4.74 Å². The van der Waals surface area contributed by atoms with Crippen LogP contribution in [0.25, 0.3) is 0 Å². The first kappa shape index (κ1) is 15.0. The van der Waals surface area contributed by atoms with Crippen molar-refractivity contribution in [3.8, 4) is 0 Å². The highest BCUT2D eigenvalue weighted by Crippen LogP contribution is 2.32. The van der Waals surface area contributed by atoms with Gasteiger partial charge in [-0.15, -0.1) is 0 Å². The SMILES string of the molecule is CCOC1CC(CC(=O)NC(C)(C)C(C)Br)C1. The molecule has 1 N–H and O–H groups in total. The Morgan fingerprint density at radius 2 is 2.12 bits per heavy atom. The van der Waals surface area contributed by atoms with Crippen LogP contribution in [0.4, 0.5) is 0 Å². The number of hydrogen-bond donors (Lipinski definition) is 1. The molecular weight excluding hydrogens is 282 g/mol. The normalized spacial score (nSPS) is 26.2. The summed E-state index contributed by atoms with van der Waals surface area (Å²) in [6, 6.07) is 0. The second kappa shape index (κ2) is 6.19. The van der Waals surface area contributed by atoms with E-state index in [0.717, 1.165) is 19.4 Å². The van der Waals surface area contributed by atoms with Gasteiger partial charge in [0.05, 0.1) is 6.10 Å². The van der Waals surface area contributed by atoms with Gasteiger partial charge in [-0.3, -0.25) is 4.79 Å². The molecule has 100 valence electrons. The van der Waals surface area contributed by atoms with Gasteiger partial charge in [0, 0.05) is 23.4 Å². The van der Waals surface area contributed by atoms with Gasteiger partial charge < -0.3 is 10.1 Å². The third-order valence-corrected chi connectivity index (χ3v) is 4.67. The highest BCUT2D eigenvalue weighted by molar-refractivity contribution is 9.09. The number of hydrogen-bond acceptors (Lipinski definition) is 2. The quantitative estimate of drug-likeness (QED) is 0.766. The number of amides is 1. The summed E-state index contributed by atoms with van der Waals surface area (Å²) in [5.41, 5.74) is -0.194. The predicted octanol–water partition coefficient (Wildman–Crippen LogP) is 2.87. The van der Waals surface area contributed by atoms with Crippen molar-refractivity contribution in [2.45, 2.75) is 63.4 Å². The van der Waals surface area contributed by atoms with E-state index in [1.165, 1.54) is 0 Å². The fourth-order valence-corrected chi connectivity index (χ4v) is 2.10. The molecule has 0 heterocycles. The van der Waals surface area contributed by atoms with Crippen LogP contribution in [-0.2, 0) is 9.53 Å². The summed E-state index contributed by atoms with van der Waals surface area (Å²) in [6.45, 7) is 8.91. The van der Waals surface area contributed by atoms with E-state index in [0.29, 0.717) is 18.4 Å². The Hall–Kier alpha value is -0.0900. The first-order valence-corrected chi connectivity index (χ1v) is 7.33. The molecule has 1 amide bonds. The number of nitrogens with one attached hydrogen (secondary N) is 1. The molecule has 1 aliphatic rings. The van der Waals surface area contributed by atoms with Crippen molar-refractivity contribution >= 4 is 21.8 Å². The highest BCUT2D eigenvalue weighted by atomic mass is 79.9. The molecule has 1 fully saturated rings. The molecule has 4 heteroatoms. The van der Waals surface area contributed by atoms with E-state index < -0.39 is 0 Å². The summed E-state index contributed by atoms with van der Waals surface area (Å²) in [5, 5.41) is 3.08. The van der Waals surface area contributed by atoms with Crippen molar-refractivity contribution in [1.82, 2.24) is 5.32 Å². The number of carbonyl (C=O) groups is 1. The van der Waals surface area contributed by atoms with Crippen LogP contribution in [-0.4, -0.2) is 29.0 Å². The highest BCUT2D eigenvalue weighted by Gasteiger charge is 2.33. The molecule has 3 nitrogen and oxygen atoms in total. The number of rotatable bonds is 6. The summed E-state index contributed by atoms with van der Waals surface area (Å²) >= 11 is 3.52. The predicted molar refractivity (Wildman–Crippen MR) is 73.4 cm³/mol. The zero-order valence-electron chi connectivity index (χ0n) is 11.3. The molecule has 0 aromatic heterocycles. The van der Waals surface area contributed by atoms with Crippen molar-refractivity contribution in [2.75, 3.05) is 6.61 Å². The zero-order chi connectivity index (χ0) is 13.1. The number of ether oxygens (including phenoxy) is 1. The maximum absolute atomic E-state index is 11.9. The lowest BCUT2D eigenvalue weighted by Gasteiger charge is -2.36. The van der Waals surface area contributed by atoms with Gasteiger partial charge in [-0.1, -0.05) is 22.9 Å². The van der Waals surface area contributed by atoms with Gasteiger partial charge in [0.1, 0.15) is 0 Å². The Morgan fingerprint density at radius 1 is 1.53 bits per heavy atom. The molecule has 17 heavy (non-hydrogen) atoms. The van der Waals surface area contributed by atoms with Gasteiger partial charge in [-0.05, 0) is 39.5 Å². The first-order chi connectivity index (χ1) is 7.85. The van der Waals surface area contributed by atoms with Crippen molar-refractivity contribution in [2.24, 2.45) is 5.92 Å². The standard InChI is InChI=1S/C13H24BrNO2/c1-5-17-11-6-10(7-11)8-12(16)15-13(3,4)9(2)14/h9-11H,5-8H2,1-4H3,(H,15,16). The van der Waals surface area contributed by atoms with E-state index >= 15 is 0 Å². The van der Waals surface area contributed by atoms with Crippen molar-refractivity contribution in [3.63, 3.8) is 0 Å². The van der Waals surface area contributed by atoms with Crippen molar-refractivity contribution in [1.29, 1.82) is 0 Å². The van der Waals surface area contributed by atoms with Gasteiger partial charge in [0.15, 0.2) is 0 Å². The molecule has 1 rings (SSSR count). The van der Waals surface area contributed by atoms with Crippen molar-refractivity contribution < 1.29 is 9.53 Å². The molecule has 1 aliphatic carbocycles. The summed E-state index contributed by atoms with van der Waals surface area (Å²) in [6.07, 6.45) is 3.09. The summed E-state index contributed by atoms with van der Waals surface area (Å²) in [4.78, 5) is 12.1. The minimum Gasteiger partial charge on any atom is -0.378 e. The minimum atomic E-state index is -0.194. The number of halogens is 1. The van der Waals surface area contributed by atoms with Crippen LogP contribution in [0.3, 0.4) is 0 Å². The molecule has 0 spiro atoms. The second-order valence-electron chi connectivity index (χ2n) is 5.50. The lowest BCUT2D eigenvalue weighted by Crippen LogP contribution is -2.49. The zero-order valence-corrected chi connectivity index (χ0v) is 12.8. The van der Waals surface area contributed by atoms with Crippen LogP contribution in [0, 0.1) is 5.92 Å². The average Bonchev–Trinajstić information content (AvgIpc) is 2.13. The number of alkyl halides is 1. The van der Waals surface area contributed by atoms with E-state index in [1.807, 2.05) is 20.8 Å². The molecule has 1 atom stereocenters. The summed E-state index contributed by atoms with van der Waals surface area (Å²) in [7, 11) is 0. The fourth-order valence-electron chi connectivity index (χ4n) is 1.98. The molecule has 0 aliphatic heterocycles. The first-order valence-electron chi connectivity index (χ1n) is 6.41. The molecule has 0 bridgehead atoms. The van der Waals surface area contributed by atoms with Crippen LogP contribution in [0.5, 0.6) is 0 Å². The van der Waals surface area contributed by atoms with E-state index in [9.17, 15) is 4.79 Å². The van der Waals surface area contributed by atoms with E-state index in [1.54, 1.807) is 0 Å². The Kier molecular flexibility index (Phi) is 5.45. The summed E-state index contributed by atoms with van der Waals surface area (Å²) < 4.78 is 5.49. The minimum absolute atomic E-state index is 0.154. The molecule has 1 saturated carbocycles. The molecule has 0 saturated heterocycles. The Balaban J connectivity index is 2.23. The van der Waals surface area contributed by atoms with Crippen LogP contribution in [0.15, 0.2) is 0 Å². The van der Waals surface area contributed by atoms with Crippen LogP contribution >= 0.6 is 15.9 Å². The Labute approximate surface area is 113 Å². The van der Waals surface area contributed by atoms with Crippen LogP contribution in [0.1, 0.15) is 47.0 Å². The molecule has 0 aromatic carbocycles. The Morgan fingerprint density at radius 3 is 2.59 bits per heavy atom. The van der Waals surface area contributed by atoms with Gasteiger partial charge in [-0.2, -0.15) is 0 Å². The van der Waals surface area contributed by atoms with Crippen molar-refractivity contribution in [3.05, 3.63) is 0 Å². The number of carbonyl (C=O) groups excluding carboxylic acids is 1. The maximum atomic E-state index is 11.9. The third kappa shape index (κ3) is 4.59. The second-order valence-corrected chi connectivity index (χ2v) is 6.88. The molecular formula is C13H24BrNO2. The topological polar surface area (TPSA) is 38.3 Å². The molecule has 0 aromatic rings. The maximum Gasteiger partial charge on any atom is 0.220 e. The molecule has 1 unspecified atom stereocenters. The Bertz CT molecular complexity index is 260. The van der Waals surface area contributed by atoms with E-state index in [-0.39, 0.29) is 16.3 Å². The smallest absolute Gasteiger partial charge is 0.220 e.